The highest BCUT2D eigenvalue weighted by atomic mass is 16.2. The molecule has 0 saturated carbocycles. The lowest BCUT2D eigenvalue weighted by molar-refractivity contribution is 0.0607. The summed E-state index contributed by atoms with van der Waals surface area (Å²) >= 11 is 0. The lowest BCUT2D eigenvalue weighted by atomic mass is 9.98. The summed E-state index contributed by atoms with van der Waals surface area (Å²) < 4.78 is 1.84. The van der Waals surface area contributed by atoms with Gasteiger partial charge in [-0.05, 0) is 38.7 Å². The smallest absolute Gasteiger partial charge is 0.256 e. The van der Waals surface area contributed by atoms with Crippen molar-refractivity contribution in [2.75, 3.05) is 24.5 Å². The van der Waals surface area contributed by atoms with Gasteiger partial charge in [0.1, 0.15) is 5.82 Å². The zero-order chi connectivity index (χ0) is 22.5. The first-order chi connectivity index (χ1) is 16.1. The number of rotatable bonds is 3. The van der Waals surface area contributed by atoms with Gasteiger partial charge in [-0.25, -0.2) is 9.50 Å². The number of H-pyrrole nitrogens is 1. The van der Waals surface area contributed by atoms with E-state index >= 15 is 0 Å². The van der Waals surface area contributed by atoms with E-state index in [0.29, 0.717) is 12.1 Å². The van der Waals surface area contributed by atoms with Gasteiger partial charge in [0.15, 0.2) is 5.65 Å². The number of aromatic nitrogens is 5. The molecule has 0 unspecified atom stereocenters. The van der Waals surface area contributed by atoms with Crippen LogP contribution in [0.2, 0.25) is 0 Å². The highest BCUT2D eigenvalue weighted by molar-refractivity contribution is 6.05. The molecule has 1 amide bonds. The lowest BCUT2D eigenvalue weighted by Crippen LogP contribution is -2.38. The second-order valence-corrected chi connectivity index (χ2v) is 9.26. The number of para-hydroxylation sites is 1. The predicted octanol–water partition coefficient (Wildman–Crippen LogP) is 2.82. The van der Waals surface area contributed by atoms with Crippen LogP contribution in [0.4, 0.5) is 5.82 Å². The maximum Gasteiger partial charge on any atom is 0.256 e. The molecular formula is C24H28N8O. The normalized spacial score (nSPS) is 21.4. The molecule has 0 aliphatic carbocycles. The minimum absolute atomic E-state index is 0.0162. The van der Waals surface area contributed by atoms with Crippen LogP contribution in [0.25, 0.3) is 16.6 Å². The van der Waals surface area contributed by atoms with Crippen molar-refractivity contribution in [2.45, 2.75) is 44.7 Å². The third-order valence-corrected chi connectivity index (χ3v) is 6.96. The Bertz CT molecular complexity index is 1340. The molecule has 0 spiro atoms. The van der Waals surface area contributed by atoms with Crippen LogP contribution in [-0.4, -0.2) is 61.3 Å². The lowest BCUT2D eigenvalue weighted by Gasteiger charge is -2.34. The van der Waals surface area contributed by atoms with Crippen molar-refractivity contribution in [1.82, 2.24) is 29.7 Å². The molecule has 2 saturated heterocycles. The van der Waals surface area contributed by atoms with Gasteiger partial charge in [0.05, 0.1) is 29.0 Å². The van der Waals surface area contributed by atoms with E-state index in [1.54, 1.807) is 6.20 Å². The molecule has 9 nitrogen and oxygen atoms in total. The summed E-state index contributed by atoms with van der Waals surface area (Å²) in [7, 11) is 0. The summed E-state index contributed by atoms with van der Waals surface area (Å²) in [5.74, 6) is 0.992. The fraction of sp³-hybridized carbons (Fsp3) is 0.417. The number of nitrogens with one attached hydrogen (secondary N) is 1. The molecule has 3 N–H and O–H groups in total. The second kappa shape index (κ2) is 7.84. The van der Waals surface area contributed by atoms with Crippen LogP contribution in [0.15, 0.2) is 36.7 Å². The quantitative estimate of drug-likeness (QED) is 0.503. The number of benzene rings is 1. The van der Waals surface area contributed by atoms with Crippen molar-refractivity contribution in [1.29, 1.82) is 0 Å². The first kappa shape index (κ1) is 20.2. The SMILES string of the molecule is Cc1cn2nc([C@@H]3CCCCN3C(=O)c3cccc4cn[nH]c34)cc2nc1N1CC[C@H](N)C1. The number of fused-ring (bicyclic) bond motifs is 2. The molecule has 4 aromatic rings. The van der Waals surface area contributed by atoms with Crippen LogP contribution in [0.3, 0.4) is 0 Å². The van der Waals surface area contributed by atoms with Crippen LogP contribution in [0.5, 0.6) is 0 Å². The minimum atomic E-state index is -0.0740. The molecule has 9 heteroatoms. The van der Waals surface area contributed by atoms with Crippen molar-refractivity contribution in [2.24, 2.45) is 5.73 Å². The number of carbonyl (C=O) groups excluding carboxylic acids is 1. The number of hydrogen-bond donors (Lipinski definition) is 2. The third kappa shape index (κ3) is 3.43. The molecule has 170 valence electrons. The number of amides is 1. The summed E-state index contributed by atoms with van der Waals surface area (Å²) in [5.41, 5.74) is 10.3. The Morgan fingerprint density at radius 3 is 2.97 bits per heavy atom. The van der Waals surface area contributed by atoms with E-state index in [9.17, 15) is 4.79 Å². The summed E-state index contributed by atoms with van der Waals surface area (Å²) in [4.78, 5) is 22.8. The van der Waals surface area contributed by atoms with E-state index in [-0.39, 0.29) is 18.0 Å². The van der Waals surface area contributed by atoms with Crippen LogP contribution in [0, 0.1) is 6.92 Å². The molecular weight excluding hydrogens is 416 g/mol. The molecule has 3 aromatic heterocycles. The van der Waals surface area contributed by atoms with Gasteiger partial charge in [0.25, 0.3) is 5.91 Å². The van der Waals surface area contributed by atoms with Gasteiger partial charge < -0.3 is 15.5 Å². The van der Waals surface area contributed by atoms with E-state index in [4.69, 9.17) is 15.8 Å². The number of hydrogen-bond acceptors (Lipinski definition) is 6. The molecule has 2 aliphatic heterocycles. The molecule has 0 radical (unpaired) electrons. The number of nitrogens with zero attached hydrogens (tertiary/aromatic N) is 6. The summed E-state index contributed by atoms with van der Waals surface area (Å²) in [6.07, 6.45) is 7.72. The third-order valence-electron chi connectivity index (χ3n) is 6.96. The van der Waals surface area contributed by atoms with E-state index < -0.39 is 0 Å². The number of carbonyl (C=O) groups is 1. The van der Waals surface area contributed by atoms with Crippen LogP contribution < -0.4 is 10.6 Å². The van der Waals surface area contributed by atoms with Crippen LogP contribution >= 0.6 is 0 Å². The first-order valence-corrected chi connectivity index (χ1v) is 11.7. The molecule has 2 aliphatic rings. The van der Waals surface area contributed by atoms with Crippen molar-refractivity contribution in [3.05, 3.63) is 53.5 Å². The van der Waals surface area contributed by atoms with E-state index in [1.807, 2.05) is 39.9 Å². The monoisotopic (exact) mass is 444 g/mol. The molecule has 2 atom stereocenters. The fourth-order valence-electron chi connectivity index (χ4n) is 5.27. The summed E-state index contributed by atoms with van der Waals surface area (Å²) in [5, 5.41) is 12.9. The summed E-state index contributed by atoms with van der Waals surface area (Å²) in [6.45, 7) is 4.53. The van der Waals surface area contributed by atoms with Gasteiger partial charge in [0.2, 0.25) is 0 Å². The molecule has 1 aromatic carbocycles. The van der Waals surface area contributed by atoms with Crippen molar-refractivity contribution < 1.29 is 4.79 Å². The van der Waals surface area contributed by atoms with Gasteiger partial charge in [-0.2, -0.15) is 10.2 Å². The van der Waals surface area contributed by atoms with Gasteiger partial charge >= 0.3 is 0 Å². The Labute approximate surface area is 191 Å². The fourth-order valence-corrected chi connectivity index (χ4v) is 5.27. The Balaban J connectivity index is 1.35. The minimum Gasteiger partial charge on any atom is -0.355 e. The van der Waals surface area contributed by atoms with Crippen LogP contribution in [-0.2, 0) is 0 Å². The van der Waals surface area contributed by atoms with Crippen molar-refractivity contribution >= 4 is 28.3 Å². The molecule has 33 heavy (non-hydrogen) atoms. The molecule has 2 fully saturated rings. The van der Waals surface area contributed by atoms with Crippen LogP contribution in [0.1, 0.15) is 53.3 Å². The number of anilines is 1. The van der Waals surface area contributed by atoms with E-state index in [0.717, 1.165) is 72.4 Å². The topological polar surface area (TPSA) is 108 Å². The Kier molecular flexibility index (Phi) is 4.79. The van der Waals surface area contributed by atoms with Crippen molar-refractivity contribution in [3.63, 3.8) is 0 Å². The number of aryl methyl sites for hydroxylation is 1. The predicted molar refractivity (Wildman–Crippen MR) is 126 cm³/mol. The molecule has 5 heterocycles. The first-order valence-electron chi connectivity index (χ1n) is 11.7. The highest BCUT2D eigenvalue weighted by Crippen LogP contribution is 2.33. The largest absolute Gasteiger partial charge is 0.355 e. The number of nitrogens with two attached hydrogens (primary N) is 1. The van der Waals surface area contributed by atoms with Gasteiger partial charge in [-0.1, -0.05) is 12.1 Å². The second-order valence-electron chi connectivity index (χ2n) is 9.26. The van der Waals surface area contributed by atoms with Crippen molar-refractivity contribution in [3.8, 4) is 0 Å². The van der Waals surface area contributed by atoms with Gasteiger partial charge in [-0.15, -0.1) is 0 Å². The number of piperidine rings is 1. The Hall–Kier alpha value is -3.46. The zero-order valence-electron chi connectivity index (χ0n) is 18.7. The average Bonchev–Trinajstić information content (AvgIpc) is 3.57. The Morgan fingerprint density at radius 2 is 2.12 bits per heavy atom. The molecule has 0 bridgehead atoms. The highest BCUT2D eigenvalue weighted by Gasteiger charge is 2.32. The maximum absolute atomic E-state index is 13.6. The maximum atomic E-state index is 13.6. The number of likely N-dealkylation sites (tertiary alicyclic amines) is 1. The summed E-state index contributed by atoms with van der Waals surface area (Å²) in [6, 6.07) is 7.90. The number of aromatic amines is 1. The standard InChI is InChI=1S/C24H28N8O/c1-15-13-32-21(27-23(15)30-10-8-17(25)14-30)11-19(29-32)20-7-2-3-9-31(20)24(33)18-6-4-5-16-12-26-28-22(16)18/h4-6,11-13,17,20H,2-3,7-10,14,25H2,1H3,(H,26,28)/t17-,20-/m0/s1. The van der Waals surface area contributed by atoms with Gasteiger partial charge in [0, 0.05) is 48.9 Å². The van der Waals surface area contributed by atoms with E-state index in [2.05, 4.69) is 22.0 Å². The molecule has 6 rings (SSSR count). The van der Waals surface area contributed by atoms with Gasteiger partial charge in [-0.3, -0.25) is 9.89 Å². The van der Waals surface area contributed by atoms with E-state index in [1.165, 1.54) is 0 Å². The Morgan fingerprint density at radius 1 is 1.21 bits per heavy atom. The average molecular weight is 445 g/mol. The zero-order valence-corrected chi connectivity index (χ0v) is 18.7.